The number of rotatable bonds is 4. The Balaban J connectivity index is 2.04. The van der Waals surface area contributed by atoms with Crippen LogP contribution in [0.25, 0.3) is 0 Å². The van der Waals surface area contributed by atoms with E-state index in [9.17, 15) is 13.2 Å². The summed E-state index contributed by atoms with van der Waals surface area (Å²) in [7, 11) is 0. The van der Waals surface area contributed by atoms with Gasteiger partial charge in [0.1, 0.15) is 5.75 Å². The second kappa shape index (κ2) is 6.23. The van der Waals surface area contributed by atoms with Gasteiger partial charge in [-0.15, -0.1) is 13.2 Å². The van der Waals surface area contributed by atoms with E-state index in [0.29, 0.717) is 6.54 Å². The van der Waals surface area contributed by atoms with Gasteiger partial charge in [-0.3, -0.25) is 0 Å². The Morgan fingerprint density at radius 2 is 2.00 bits per heavy atom. The molecule has 1 aliphatic heterocycles. The van der Waals surface area contributed by atoms with Gasteiger partial charge >= 0.3 is 6.36 Å². The van der Waals surface area contributed by atoms with E-state index in [4.69, 9.17) is 4.74 Å². The van der Waals surface area contributed by atoms with Crippen LogP contribution < -0.4 is 10.1 Å². The topological polar surface area (TPSA) is 30.5 Å². The quantitative estimate of drug-likeness (QED) is 0.917. The fourth-order valence-electron chi connectivity index (χ4n) is 2.64. The SMILES string of the molecule is CCCC1(C)CNCC(c2ccc(OC(F)(F)F)cc2)O1. The second-order valence-corrected chi connectivity index (χ2v) is 5.55. The summed E-state index contributed by atoms with van der Waals surface area (Å²) in [6, 6.07) is 5.87. The molecule has 118 valence electrons. The summed E-state index contributed by atoms with van der Waals surface area (Å²) < 4.78 is 46.4. The predicted octanol–water partition coefficient (Wildman–Crippen LogP) is 3.80. The molecule has 2 atom stereocenters. The van der Waals surface area contributed by atoms with Crippen LogP contribution in [0.5, 0.6) is 5.75 Å². The zero-order valence-corrected chi connectivity index (χ0v) is 12.2. The molecule has 0 saturated carbocycles. The second-order valence-electron chi connectivity index (χ2n) is 5.55. The van der Waals surface area contributed by atoms with Gasteiger partial charge in [0.25, 0.3) is 0 Å². The van der Waals surface area contributed by atoms with Gasteiger partial charge in [-0.05, 0) is 31.0 Å². The molecule has 1 heterocycles. The maximum Gasteiger partial charge on any atom is 0.573 e. The van der Waals surface area contributed by atoms with E-state index in [0.717, 1.165) is 24.9 Å². The fraction of sp³-hybridized carbons (Fsp3) is 0.600. The van der Waals surface area contributed by atoms with Crippen LogP contribution in [0.2, 0.25) is 0 Å². The number of hydrogen-bond acceptors (Lipinski definition) is 3. The first kappa shape index (κ1) is 16.1. The van der Waals surface area contributed by atoms with Crippen molar-refractivity contribution in [3.05, 3.63) is 29.8 Å². The number of halogens is 3. The van der Waals surface area contributed by atoms with Crippen molar-refractivity contribution in [1.29, 1.82) is 0 Å². The van der Waals surface area contributed by atoms with Gasteiger partial charge < -0.3 is 14.8 Å². The molecule has 1 fully saturated rings. The van der Waals surface area contributed by atoms with E-state index >= 15 is 0 Å². The van der Waals surface area contributed by atoms with E-state index in [1.807, 2.05) is 0 Å². The maximum atomic E-state index is 12.1. The average Bonchev–Trinajstić information content (AvgIpc) is 2.37. The molecule has 0 aromatic heterocycles. The molecule has 1 N–H and O–H groups in total. The van der Waals surface area contributed by atoms with Crippen molar-refractivity contribution in [2.24, 2.45) is 0 Å². The molecule has 1 aromatic rings. The first-order valence-corrected chi connectivity index (χ1v) is 7.05. The molecule has 1 saturated heterocycles. The molecule has 0 spiro atoms. The van der Waals surface area contributed by atoms with Crippen LogP contribution in [0.1, 0.15) is 38.4 Å². The van der Waals surface area contributed by atoms with Gasteiger partial charge in [0.05, 0.1) is 11.7 Å². The van der Waals surface area contributed by atoms with Gasteiger partial charge in [0.15, 0.2) is 0 Å². The zero-order chi connectivity index (χ0) is 15.5. The number of ether oxygens (including phenoxy) is 2. The van der Waals surface area contributed by atoms with Gasteiger partial charge in [-0.2, -0.15) is 0 Å². The van der Waals surface area contributed by atoms with Gasteiger partial charge in [-0.25, -0.2) is 0 Å². The largest absolute Gasteiger partial charge is 0.573 e. The van der Waals surface area contributed by atoms with Crippen LogP contribution >= 0.6 is 0 Å². The molecule has 0 bridgehead atoms. The summed E-state index contributed by atoms with van der Waals surface area (Å²) >= 11 is 0. The highest BCUT2D eigenvalue weighted by molar-refractivity contribution is 5.29. The summed E-state index contributed by atoms with van der Waals surface area (Å²) in [6.07, 6.45) is -2.87. The van der Waals surface area contributed by atoms with E-state index in [1.165, 1.54) is 12.1 Å². The third-order valence-corrected chi connectivity index (χ3v) is 3.52. The van der Waals surface area contributed by atoms with Crippen LogP contribution in [0.15, 0.2) is 24.3 Å². The molecular formula is C15H20F3NO2. The van der Waals surface area contributed by atoms with Crippen molar-refractivity contribution in [1.82, 2.24) is 5.32 Å². The van der Waals surface area contributed by atoms with Crippen LogP contribution in [-0.4, -0.2) is 25.1 Å². The lowest BCUT2D eigenvalue weighted by Crippen LogP contribution is -2.48. The lowest BCUT2D eigenvalue weighted by molar-refractivity contribution is -0.274. The summed E-state index contributed by atoms with van der Waals surface area (Å²) in [5, 5.41) is 3.33. The van der Waals surface area contributed by atoms with Crippen molar-refractivity contribution >= 4 is 0 Å². The predicted molar refractivity (Wildman–Crippen MR) is 73.1 cm³/mol. The molecule has 0 aliphatic carbocycles. The first-order chi connectivity index (χ1) is 9.81. The normalized spacial score (nSPS) is 26.6. The highest BCUT2D eigenvalue weighted by Gasteiger charge is 2.33. The standard InChI is InChI=1S/C15H20F3NO2/c1-3-8-14(2)10-19-9-13(21-14)11-4-6-12(7-5-11)20-15(16,17)18/h4-7,13,19H,3,8-10H2,1-2H3. The number of alkyl halides is 3. The molecular weight excluding hydrogens is 283 g/mol. The van der Waals surface area contributed by atoms with Crippen LogP contribution in [-0.2, 0) is 4.74 Å². The minimum Gasteiger partial charge on any atom is -0.406 e. The Morgan fingerprint density at radius 3 is 2.57 bits per heavy atom. The molecule has 21 heavy (non-hydrogen) atoms. The highest BCUT2D eigenvalue weighted by atomic mass is 19.4. The molecule has 1 aliphatic rings. The molecule has 0 amide bonds. The molecule has 2 rings (SSSR count). The number of hydrogen-bond donors (Lipinski definition) is 1. The van der Waals surface area contributed by atoms with Crippen molar-refractivity contribution in [3.63, 3.8) is 0 Å². The van der Waals surface area contributed by atoms with E-state index in [2.05, 4.69) is 23.9 Å². The number of morpholine rings is 1. The summed E-state index contributed by atoms with van der Waals surface area (Å²) in [6.45, 7) is 5.59. The Bertz CT molecular complexity index is 457. The minimum atomic E-state index is -4.66. The third kappa shape index (κ3) is 4.61. The Labute approximate surface area is 122 Å². The number of benzene rings is 1. The van der Waals surface area contributed by atoms with E-state index < -0.39 is 6.36 Å². The van der Waals surface area contributed by atoms with Gasteiger partial charge in [-0.1, -0.05) is 25.5 Å². The molecule has 6 heteroatoms. The van der Waals surface area contributed by atoms with Crippen molar-refractivity contribution in [3.8, 4) is 5.75 Å². The molecule has 2 unspecified atom stereocenters. The molecule has 0 radical (unpaired) electrons. The number of nitrogens with one attached hydrogen (secondary N) is 1. The molecule has 1 aromatic carbocycles. The smallest absolute Gasteiger partial charge is 0.406 e. The van der Waals surface area contributed by atoms with Crippen molar-refractivity contribution in [2.75, 3.05) is 13.1 Å². The summed E-state index contributed by atoms with van der Waals surface area (Å²) in [4.78, 5) is 0. The first-order valence-electron chi connectivity index (χ1n) is 7.05. The summed E-state index contributed by atoms with van der Waals surface area (Å²) in [5.74, 6) is -0.216. The van der Waals surface area contributed by atoms with Crippen LogP contribution in [0.3, 0.4) is 0 Å². The summed E-state index contributed by atoms with van der Waals surface area (Å²) in [5.41, 5.74) is 0.609. The maximum absolute atomic E-state index is 12.1. The zero-order valence-electron chi connectivity index (χ0n) is 12.2. The van der Waals surface area contributed by atoms with Crippen LogP contribution in [0.4, 0.5) is 13.2 Å². The van der Waals surface area contributed by atoms with Gasteiger partial charge in [0.2, 0.25) is 0 Å². The highest BCUT2D eigenvalue weighted by Crippen LogP contribution is 2.31. The molecule has 3 nitrogen and oxygen atoms in total. The minimum absolute atomic E-state index is 0.157. The Kier molecular flexibility index (Phi) is 4.78. The van der Waals surface area contributed by atoms with Crippen molar-refractivity contribution in [2.45, 2.75) is 44.8 Å². The van der Waals surface area contributed by atoms with E-state index in [-0.39, 0.29) is 17.5 Å². The Morgan fingerprint density at radius 1 is 1.33 bits per heavy atom. The van der Waals surface area contributed by atoms with Gasteiger partial charge in [0, 0.05) is 13.1 Å². The fourth-order valence-corrected chi connectivity index (χ4v) is 2.64. The Hall–Kier alpha value is -1.27. The lowest BCUT2D eigenvalue weighted by atomic mass is 9.96. The van der Waals surface area contributed by atoms with E-state index in [1.54, 1.807) is 12.1 Å². The van der Waals surface area contributed by atoms with Crippen LogP contribution in [0, 0.1) is 0 Å². The average molecular weight is 303 g/mol. The third-order valence-electron chi connectivity index (χ3n) is 3.52. The lowest BCUT2D eigenvalue weighted by Gasteiger charge is -2.39. The van der Waals surface area contributed by atoms with Crippen molar-refractivity contribution < 1.29 is 22.6 Å². The monoisotopic (exact) mass is 303 g/mol.